The number of carbonyl (C=O) groups is 3. The molecule has 0 bridgehead atoms. The number of rotatable bonds is 7. The monoisotopic (exact) mass is 554 g/mol. The number of nitrogens with one attached hydrogen (secondary N) is 1. The Morgan fingerprint density at radius 3 is 2.51 bits per heavy atom. The second-order valence-corrected chi connectivity index (χ2v) is 13.4. The van der Waals surface area contributed by atoms with Crippen molar-refractivity contribution in [1.82, 2.24) is 19.4 Å². The summed E-state index contributed by atoms with van der Waals surface area (Å²) in [4.78, 5) is 45.0. The van der Waals surface area contributed by atoms with Crippen LogP contribution in [-0.4, -0.2) is 78.6 Å². The van der Waals surface area contributed by atoms with Gasteiger partial charge in [-0.15, -0.1) is 12.4 Å². The summed E-state index contributed by atoms with van der Waals surface area (Å²) in [6.07, 6.45) is 10.9. The highest BCUT2D eigenvalue weighted by molar-refractivity contribution is 7.97. The molecule has 0 unspecified atom stereocenters. The molecule has 7 nitrogen and oxygen atoms in total. The van der Waals surface area contributed by atoms with E-state index in [1.165, 1.54) is 16.8 Å². The van der Waals surface area contributed by atoms with E-state index in [0.29, 0.717) is 24.3 Å². The number of hydrogen-bond acceptors (Lipinski definition) is 5. The minimum Gasteiger partial charge on any atom is -0.338 e. The number of imide groups is 1. The maximum Gasteiger partial charge on any atom is 0.334 e. The van der Waals surface area contributed by atoms with Crippen LogP contribution in [0.25, 0.3) is 0 Å². The van der Waals surface area contributed by atoms with Gasteiger partial charge in [-0.1, -0.05) is 26.8 Å². The third-order valence-corrected chi connectivity index (χ3v) is 10.8. The zero-order valence-corrected chi connectivity index (χ0v) is 25.1. The van der Waals surface area contributed by atoms with Gasteiger partial charge in [0.15, 0.2) is 0 Å². The fourth-order valence-corrected chi connectivity index (χ4v) is 8.76. The van der Waals surface area contributed by atoms with Crippen LogP contribution in [0.15, 0.2) is 12.2 Å². The SMILES string of the molecule is CCSNC(=O)N(CCCN(C)C)C(=O)[C@H]1CC[C@H]2[C@@H]3CC[C@H]4N(C)C(=O)C=C[C@]4(C)[C@H]3CC[C@]12C.Cl. The van der Waals surface area contributed by atoms with Crippen molar-refractivity contribution in [3.63, 3.8) is 0 Å². The molecule has 1 N–H and O–H groups in total. The van der Waals surface area contributed by atoms with Crippen molar-refractivity contribution in [1.29, 1.82) is 0 Å². The predicted octanol–water partition coefficient (Wildman–Crippen LogP) is 4.82. The largest absolute Gasteiger partial charge is 0.338 e. The first-order chi connectivity index (χ1) is 17.0. The van der Waals surface area contributed by atoms with Gasteiger partial charge in [0.2, 0.25) is 11.8 Å². The molecule has 0 aromatic rings. The molecule has 3 fully saturated rings. The number of amides is 4. The average Bonchev–Trinajstić information content (AvgIpc) is 3.19. The Bertz CT molecular complexity index is 901. The zero-order valence-electron chi connectivity index (χ0n) is 23.5. The van der Waals surface area contributed by atoms with Crippen molar-refractivity contribution in [2.75, 3.05) is 40.0 Å². The van der Waals surface area contributed by atoms with Crippen LogP contribution >= 0.6 is 24.4 Å². The number of likely N-dealkylation sites (N-methyl/N-ethyl adjacent to an activating group) is 1. The Morgan fingerprint density at radius 1 is 1.11 bits per heavy atom. The van der Waals surface area contributed by atoms with E-state index in [2.05, 4.69) is 29.5 Å². The average molecular weight is 555 g/mol. The molecule has 1 heterocycles. The van der Waals surface area contributed by atoms with E-state index in [9.17, 15) is 14.4 Å². The van der Waals surface area contributed by atoms with Gasteiger partial charge in [-0.2, -0.15) is 0 Å². The highest BCUT2D eigenvalue weighted by Gasteiger charge is 2.62. The molecule has 4 aliphatic rings. The molecular formula is C28H47ClN4O3S. The van der Waals surface area contributed by atoms with Crippen molar-refractivity contribution < 1.29 is 14.4 Å². The molecule has 3 aliphatic carbocycles. The first-order valence-corrected chi connectivity index (χ1v) is 14.9. The lowest BCUT2D eigenvalue weighted by Crippen LogP contribution is -2.60. The molecule has 0 saturated heterocycles. The smallest absolute Gasteiger partial charge is 0.334 e. The molecule has 9 heteroatoms. The summed E-state index contributed by atoms with van der Waals surface area (Å²) < 4.78 is 2.88. The number of carbonyl (C=O) groups excluding carboxylic acids is 3. The van der Waals surface area contributed by atoms with Crippen molar-refractivity contribution >= 4 is 42.2 Å². The van der Waals surface area contributed by atoms with E-state index in [-0.39, 0.29) is 53.0 Å². The van der Waals surface area contributed by atoms with Gasteiger partial charge in [0.05, 0.1) is 0 Å². The molecule has 0 radical (unpaired) electrons. The number of halogens is 1. The van der Waals surface area contributed by atoms with E-state index in [1.807, 2.05) is 33.0 Å². The summed E-state index contributed by atoms with van der Waals surface area (Å²) in [7, 11) is 5.99. The number of urea groups is 1. The van der Waals surface area contributed by atoms with Crippen LogP contribution < -0.4 is 4.72 Å². The molecule has 0 aromatic carbocycles. The van der Waals surface area contributed by atoms with Gasteiger partial charge in [0, 0.05) is 36.7 Å². The minimum absolute atomic E-state index is 0. The van der Waals surface area contributed by atoms with E-state index >= 15 is 0 Å². The Balaban J connectivity index is 0.00000380. The molecule has 4 rings (SSSR count). The zero-order chi connectivity index (χ0) is 26.3. The van der Waals surface area contributed by atoms with E-state index < -0.39 is 0 Å². The summed E-state index contributed by atoms with van der Waals surface area (Å²) >= 11 is 1.35. The minimum atomic E-state index is -0.264. The van der Waals surface area contributed by atoms with Crippen LogP contribution in [0.1, 0.15) is 65.7 Å². The van der Waals surface area contributed by atoms with Gasteiger partial charge < -0.3 is 9.80 Å². The fourth-order valence-electron chi connectivity index (χ4n) is 8.38. The lowest BCUT2D eigenvalue weighted by Gasteiger charge is -2.60. The highest BCUT2D eigenvalue weighted by Crippen LogP contribution is 2.65. The van der Waals surface area contributed by atoms with E-state index in [1.54, 1.807) is 6.08 Å². The summed E-state index contributed by atoms with van der Waals surface area (Å²) in [5.74, 6) is 2.42. The number of fused-ring (bicyclic) bond motifs is 5. The molecular weight excluding hydrogens is 508 g/mol. The number of hydrogen-bond donors (Lipinski definition) is 1. The first-order valence-electron chi connectivity index (χ1n) is 13.9. The van der Waals surface area contributed by atoms with Gasteiger partial charge in [0.1, 0.15) is 0 Å². The van der Waals surface area contributed by atoms with Crippen LogP contribution in [0.4, 0.5) is 4.79 Å². The summed E-state index contributed by atoms with van der Waals surface area (Å²) in [5.41, 5.74) is -0.0655. The Kier molecular flexibility index (Phi) is 9.72. The molecule has 4 amide bonds. The molecule has 37 heavy (non-hydrogen) atoms. The van der Waals surface area contributed by atoms with Gasteiger partial charge in [-0.05, 0) is 107 Å². The Morgan fingerprint density at radius 2 is 1.84 bits per heavy atom. The van der Waals surface area contributed by atoms with Gasteiger partial charge >= 0.3 is 6.03 Å². The lowest BCUT2D eigenvalue weighted by molar-refractivity contribution is -0.145. The van der Waals surface area contributed by atoms with Gasteiger partial charge in [-0.3, -0.25) is 19.2 Å². The van der Waals surface area contributed by atoms with Gasteiger partial charge in [0.25, 0.3) is 0 Å². The van der Waals surface area contributed by atoms with Crippen molar-refractivity contribution in [2.45, 2.75) is 71.8 Å². The van der Waals surface area contributed by atoms with E-state index in [4.69, 9.17) is 0 Å². The maximum atomic E-state index is 14.0. The standard InChI is InChI=1S/C28H46N4O3S.ClH/c1-7-36-29-26(35)32(18-8-17-30(4)5)25(34)22-11-10-20-19-9-12-23-28(3,16-14-24(33)31(23)6)21(19)13-15-27(20,22)2;/h14,16,19-23H,7-13,15,17-18H2,1-6H3,(H,29,35);1H/t19-,20-,21-,22+,23+,27-,28+;/m0./s1. The third-order valence-electron chi connectivity index (χ3n) is 10.2. The van der Waals surface area contributed by atoms with Crippen molar-refractivity contribution in [3.8, 4) is 0 Å². The van der Waals surface area contributed by atoms with Crippen molar-refractivity contribution in [3.05, 3.63) is 12.2 Å². The summed E-state index contributed by atoms with van der Waals surface area (Å²) in [6.45, 7) is 7.99. The molecule has 0 spiro atoms. The van der Waals surface area contributed by atoms with Crippen molar-refractivity contribution in [2.24, 2.45) is 34.5 Å². The Hall–Kier alpha value is -1.25. The molecule has 210 valence electrons. The molecule has 7 atom stereocenters. The van der Waals surface area contributed by atoms with E-state index in [0.717, 1.165) is 57.2 Å². The van der Waals surface area contributed by atoms with Gasteiger partial charge in [-0.25, -0.2) is 4.79 Å². The molecule has 0 aromatic heterocycles. The fraction of sp³-hybridized carbons (Fsp3) is 0.821. The lowest BCUT2D eigenvalue weighted by atomic mass is 9.47. The third kappa shape index (κ3) is 5.44. The van der Waals surface area contributed by atoms with Crippen LogP contribution in [0.5, 0.6) is 0 Å². The number of nitrogens with zero attached hydrogens (tertiary/aromatic N) is 3. The Labute approximate surface area is 234 Å². The topological polar surface area (TPSA) is 73.0 Å². The predicted molar refractivity (Wildman–Crippen MR) is 152 cm³/mol. The van der Waals surface area contributed by atoms with Crippen LogP contribution in [-0.2, 0) is 9.59 Å². The summed E-state index contributed by atoms with van der Waals surface area (Å²) in [6, 6.07) is 0.00537. The molecule has 3 saturated carbocycles. The van der Waals surface area contributed by atoms with Crippen LogP contribution in [0, 0.1) is 34.5 Å². The second kappa shape index (κ2) is 11.9. The maximum absolute atomic E-state index is 14.0. The quantitative estimate of drug-likeness (QED) is 0.457. The summed E-state index contributed by atoms with van der Waals surface area (Å²) in [5, 5.41) is 0. The highest BCUT2D eigenvalue weighted by atomic mass is 35.5. The normalized spacial score (nSPS) is 36.4. The molecule has 1 aliphatic heterocycles. The second-order valence-electron chi connectivity index (χ2n) is 12.3. The van der Waals surface area contributed by atoms with Crippen LogP contribution in [0.2, 0.25) is 0 Å². The van der Waals surface area contributed by atoms with Crippen LogP contribution in [0.3, 0.4) is 0 Å². The first kappa shape index (κ1) is 30.3.